The Balaban J connectivity index is 1.95. The molecule has 2 unspecified atom stereocenters. The number of phenolic OH excluding ortho intramolecular Hbond substituents is 1. The van der Waals surface area contributed by atoms with Gasteiger partial charge in [0.1, 0.15) is 11.6 Å². The minimum atomic E-state index is -0.569. The molecular weight excluding hydrogens is 249 g/mol. The van der Waals surface area contributed by atoms with Crippen molar-refractivity contribution in [3.05, 3.63) is 29.6 Å². The van der Waals surface area contributed by atoms with Crippen LogP contribution in [0, 0.1) is 11.7 Å². The topological polar surface area (TPSA) is 69.6 Å². The monoisotopic (exact) mass is 267 g/mol. The molecule has 0 aromatic heterocycles. The first-order chi connectivity index (χ1) is 9.08. The number of aliphatic hydroxyl groups excluding tert-OH is 1. The Bertz CT molecular complexity index is 464. The van der Waals surface area contributed by atoms with Gasteiger partial charge in [0.25, 0.3) is 5.91 Å². The van der Waals surface area contributed by atoms with Crippen LogP contribution in [-0.4, -0.2) is 28.8 Å². The van der Waals surface area contributed by atoms with Crippen molar-refractivity contribution < 1.29 is 19.4 Å². The molecule has 0 aliphatic heterocycles. The van der Waals surface area contributed by atoms with Crippen molar-refractivity contribution >= 4 is 5.91 Å². The lowest BCUT2D eigenvalue weighted by molar-refractivity contribution is 0.0662. The zero-order chi connectivity index (χ0) is 13.8. The molecule has 1 aliphatic rings. The number of hydrogen-bond acceptors (Lipinski definition) is 3. The van der Waals surface area contributed by atoms with E-state index in [9.17, 15) is 19.4 Å². The predicted molar refractivity (Wildman–Crippen MR) is 68.4 cm³/mol. The molecule has 2 atom stereocenters. The first-order valence-electron chi connectivity index (χ1n) is 6.52. The Labute approximate surface area is 111 Å². The van der Waals surface area contributed by atoms with Crippen molar-refractivity contribution in [1.29, 1.82) is 0 Å². The highest BCUT2D eigenvalue weighted by Gasteiger charge is 2.23. The van der Waals surface area contributed by atoms with E-state index in [-0.39, 0.29) is 17.2 Å². The van der Waals surface area contributed by atoms with Gasteiger partial charge in [0.05, 0.1) is 11.7 Å². The number of aliphatic hydroxyl groups is 1. The molecule has 1 aromatic carbocycles. The zero-order valence-electron chi connectivity index (χ0n) is 10.6. The second-order valence-electron chi connectivity index (χ2n) is 4.98. The molecule has 0 spiro atoms. The van der Waals surface area contributed by atoms with Crippen LogP contribution in [0.1, 0.15) is 36.0 Å². The third kappa shape index (κ3) is 3.44. The Morgan fingerprint density at radius 3 is 2.84 bits per heavy atom. The third-order valence-corrected chi connectivity index (χ3v) is 3.60. The fourth-order valence-corrected chi connectivity index (χ4v) is 2.44. The number of benzene rings is 1. The molecule has 2 rings (SSSR count). The number of aromatic hydroxyl groups is 1. The average molecular weight is 267 g/mol. The van der Waals surface area contributed by atoms with Crippen molar-refractivity contribution in [3.8, 4) is 5.75 Å². The lowest BCUT2D eigenvalue weighted by Crippen LogP contribution is -2.36. The van der Waals surface area contributed by atoms with E-state index < -0.39 is 17.8 Å². The van der Waals surface area contributed by atoms with E-state index in [1.54, 1.807) is 0 Å². The summed E-state index contributed by atoms with van der Waals surface area (Å²) in [7, 11) is 0. The lowest BCUT2D eigenvalue weighted by Gasteiger charge is -2.27. The summed E-state index contributed by atoms with van der Waals surface area (Å²) in [5.74, 6) is -1.30. The predicted octanol–water partition coefficient (Wildman–Crippen LogP) is 1.81. The number of halogens is 1. The third-order valence-electron chi connectivity index (χ3n) is 3.60. The van der Waals surface area contributed by atoms with Crippen LogP contribution in [0.4, 0.5) is 4.39 Å². The number of nitrogens with one attached hydrogen (secondary N) is 1. The minimum Gasteiger partial charge on any atom is -0.507 e. The molecule has 1 amide bonds. The van der Waals surface area contributed by atoms with Crippen LogP contribution in [0.5, 0.6) is 5.75 Å². The SMILES string of the molecule is O=C(NCC1CCCCC1O)c1cc(F)ccc1O. The maximum Gasteiger partial charge on any atom is 0.255 e. The van der Waals surface area contributed by atoms with Crippen LogP contribution in [0.25, 0.3) is 0 Å². The van der Waals surface area contributed by atoms with Crippen molar-refractivity contribution in [2.45, 2.75) is 31.8 Å². The summed E-state index contributed by atoms with van der Waals surface area (Å²) >= 11 is 0. The minimum absolute atomic E-state index is 0.0356. The van der Waals surface area contributed by atoms with E-state index in [2.05, 4.69) is 5.32 Å². The summed E-state index contributed by atoms with van der Waals surface area (Å²) < 4.78 is 13.0. The second kappa shape index (κ2) is 6.02. The van der Waals surface area contributed by atoms with Gasteiger partial charge in [-0.2, -0.15) is 0 Å². The van der Waals surface area contributed by atoms with Crippen LogP contribution in [0.15, 0.2) is 18.2 Å². The average Bonchev–Trinajstić information content (AvgIpc) is 2.40. The van der Waals surface area contributed by atoms with Gasteiger partial charge in [-0.1, -0.05) is 12.8 Å². The first kappa shape index (κ1) is 13.8. The van der Waals surface area contributed by atoms with E-state index in [1.165, 1.54) is 0 Å². The lowest BCUT2D eigenvalue weighted by atomic mass is 9.86. The molecule has 0 radical (unpaired) electrons. The van der Waals surface area contributed by atoms with Crippen molar-refractivity contribution in [1.82, 2.24) is 5.32 Å². The highest BCUT2D eigenvalue weighted by atomic mass is 19.1. The van der Waals surface area contributed by atoms with Crippen LogP contribution in [0.2, 0.25) is 0 Å². The van der Waals surface area contributed by atoms with E-state index >= 15 is 0 Å². The number of phenols is 1. The number of hydrogen-bond donors (Lipinski definition) is 3. The Morgan fingerprint density at radius 2 is 2.11 bits per heavy atom. The Hall–Kier alpha value is -1.62. The Kier molecular flexibility index (Phi) is 4.37. The zero-order valence-corrected chi connectivity index (χ0v) is 10.6. The van der Waals surface area contributed by atoms with E-state index in [0.717, 1.165) is 43.9 Å². The molecule has 0 saturated heterocycles. The molecule has 1 fully saturated rings. The van der Waals surface area contributed by atoms with Crippen LogP contribution in [-0.2, 0) is 0 Å². The normalized spacial score (nSPS) is 23.1. The van der Waals surface area contributed by atoms with E-state index in [1.807, 2.05) is 0 Å². The van der Waals surface area contributed by atoms with Crippen molar-refractivity contribution in [2.24, 2.45) is 5.92 Å². The molecule has 1 aliphatic carbocycles. The van der Waals surface area contributed by atoms with Crippen molar-refractivity contribution in [2.75, 3.05) is 6.54 Å². The molecule has 104 valence electrons. The maximum atomic E-state index is 13.0. The van der Waals surface area contributed by atoms with Crippen LogP contribution in [0.3, 0.4) is 0 Å². The quantitative estimate of drug-likeness (QED) is 0.782. The second-order valence-corrected chi connectivity index (χ2v) is 4.98. The fraction of sp³-hybridized carbons (Fsp3) is 0.500. The molecule has 3 N–H and O–H groups in total. The summed E-state index contributed by atoms with van der Waals surface area (Å²) in [6.45, 7) is 0.343. The van der Waals surface area contributed by atoms with Gasteiger partial charge >= 0.3 is 0 Å². The van der Waals surface area contributed by atoms with Gasteiger partial charge in [-0.05, 0) is 31.0 Å². The number of rotatable bonds is 3. The molecule has 1 saturated carbocycles. The summed E-state index contributed by atoms with van der Waals surface area (Å²) in [5, 5.41) is 21.9. The van der Waals surface area contributed by atoms with Crippen molar-refractivity contribution in [3.63, 3.8) is 0 Å². The standard InChI is InChI=1S/C14H18FNO3/c15-10-5-6-13(18)11(7-10)14(19)16-8-9-3-1-2-4-12(9)17/h5-7,9,12,17-18H,1-4,8H2,(H,16,19). The summed E-state index contributed by atoms with van der Waals surface area (Å²) in [6.07, 6.45) is 3.29. The van der Waals surface area contributed by atoms with Gasteiger partial charge in [-0.15, -0.1) is 0 Å². The highest BCUT2D eigenvalue weighted by molar-refractivity contribution is 5.96. The molecule has 1 aromatic rings. The van der Waals surface area contributed by atoms with Gasteiger partial charge in [-0.25, -0.2) is 4.39 Å². The number of amides is 1. The number of carbonyl (C=O) groups is 1. The van der Waals surface area contributed by atoms with Gasteiger partial charge in [0.2, 0.25) is 0 Å². The van der Waals surface area contributed by atoms with E-state index in [0.29, 0.717) is 6.54 Å². The molecule has 0 heterocycles. The Morgan fingerprint density at radius 1 is 1.37 bits per heavy atom. The van der Waals surface area contributed by atoms with Gasteiger partial charge in [0, 0.05) is 12.5 Å². The van der Waals surface area contributed by atoms with Crippen LogP contribution < -0.4 is 5.32 Å². The smallest absolute Gasteiger partial charge is 0.255 e. The largest absolute Gasteiger partial charge is 0.507 e. The molecular formula is C14H18FNO3. The number of carbonyl (C=O) groups excluding carboxylic acids is 1. The summed E-state index contributed by atoms with van der Waals surface area (Å²) in [4.78, 5) is 11.8. The highest BCUT2D eigenvalue weighted by Crippen LogP contribution is 2.24. The molecule has 0 bridgehead atoms. The molecule has 19 heavy (non-hydrogen) atoms. The maximum absolute atomic E-state index is 13.0. The molecule has 5 heteroatoms. The fourth-order valence-electron chi connectivity index (χ4n) is 2.44. The summed E-state index contributed by atoms with van der Waals surface area (Å²) in [6, 6.07) is 3.25. The first-order valence-corrected chi connectivity index (χ1v) is 6.52. The van der Waals surface area contributed by atoms with Gasteiger partial charge in [-0.3, -0.25) is 4.79 Å². The summed E-state index contributed by atoms with van der Waals surface area (Å²) in [5.41, 5.74) is -0.0784. The van der Waals surface area contributed by atoms with Crippen LogP contribution >= 0.6 is 0 Å². The van der Waals surface area contributed by atoms with E-state index in [4.69, 9.17) is 0 Å². The molecule has 4 nitrogen and oxygen atoms in total. The van der Waals surface area contributed by atoms with Gasteiger partial charge < -0.3 is 15.5 Å². The van der Waals surface area contributed by atoms with Gasteiger partial charge in [0.15, 0.2) is 0 Å².